The van der Waals surface area contributed by atoms with Gasteiger partial charge in [0.05, 0.1) is 45.1 Å². The van der Waals surface area contributed by atoms with Crippen LogP contribution in [0.3, 0.4) is 0 Å². The number of nitrogens with zero attached hydrogens (tertiary/aromatic N) is 7. The molecule has 5 rings (SSSR count). The zero-order chi connectivity index (χ0) is 29.6. The zero-order valence-electron chi connectivity index (χ0n) is 23.3. The summed E-state index contributed by atoms with van der Waals surface area (Å²) in [5.74, 6) is 0.591. The molecule has 1 saturated heterocycles. The number of carbonyl (C=O) groups excluding carboxylic acids is 1. The number of piperazine rings is 1. The average Bonchev–Trinajstić information content (AvgIpc) is 3.54. The van der Waals surface area contributed by atoms with Gasteiger partial charge in [-0.25, -0.2) is 9.97 Å². The Bertz CT molecular complexity index is 1600. The highest BCUT2D eigenvalue weighted by molar-refractivity contribution is 7.23. The Morgan fingerprint density at radius 3 is 2.34 bits per heavy atom. The van der Waals surface area contributed by atoms with Crippen LogP contribution in [0.2, 0.25) is 0 Å². The number of imidazole rings is 2. The van der Waals surface area contributed by atoms with E-state index in [1.165, 1.54) is 7.05 Å². The number of thiophene rings is 1. The van der Waals surface area contributed by atoms with E-state index in [4.69, 9.17) is 4.84 Å². The lowest BCUT2D eigenvalue weighted by Gasteiger charge is -2.35. The summed E-state index contributed by atoms with van der Waals surface area (Å²) in [6, 6.07) is 0.943. The number of fused-ring (bicyclic) bond motifs is 1. The number of hydrogen-bond donors (Lipinski definition) is 2. The topological polar surface area (TPSA) is 114 Å². The Balaban J connectivity index is 1.33. The van der Waals surface area contributed by atoms with Crippen LogP contribution in [0, 0.1) is 27.7 Å². The van der Waals surface area contributed by atoms with Crippen LogP contribution in [0.1, 0.15) is 50.3 Å². The molecular weight excluding hydrogens is 561 g/mol. The number of amides is 1. The van der Waals surface area contributed by atoms with E-state index in [-0.39, 0.29) is 22.4 Å². The second-order valence-corrected chi connectivity index (χ2v) is 10.9. The number of rotatable bonds is 7. The molecule has 0 unspecified atom stereocenters. The molecule has 15 heteroatoms. The smallest absolute Gasteiger partial charge is 0.417 e. The van der Waals surface area contributed by atoms with Gasteiger partial charge in [0.1, 0.15) is 10.6 Å². The summed E-state index contributed by atoms with van der Waals surface area (Å²) in [5.41, 5.74) is 2.42. The molecule has 1 fully saturated rings. The highest BCUT2D eigenvalue weighted by Crippen LogP contribution is 2.44. The molecule has 5 heterocycles. The summed E-state index contributed by atoms with van der Waals surface area (Å²) in [6.07, 6.45) is -3.47. The maximum absolute atomic E-state index is 13.7. The highest BCUT2D eigenvalue weighted by Gasteiger charge is 2.36. The molecule has 220 valence electrons. The van der Waals surface area contributed by atoms with Crippen molar-refractivity contribution in [2.24, 2.45) is 0 Å². The molecule has 0 aromatic carbocycles. The number of aromatic nitrogens is 5. The number of carbonyl (C=O) groups is 1. The Hall–Kier alpha value is -3.85. The molecule has 11 nitrogen and oxygen atoms in total. The third-order valence-electron chi connectivity index (χ3n) is 7.40. The molecule has 0 saturated carbocycles. The number of halogens is 3. The van der Waals surface area contributed by atoms with E-state index in [0.717, 1.165) is 39.7 Å². The first-order valence-corrected chi connectivity index (χ1v) is 13.8. The lowest BCUT2D eigenvalue weighted by atomic mass is 10.1. The molecular formula is C26H31F3N8O3S. The number of nitrogens with one attached hydrogen (secondary N) is 1. The summed E-state index contributed by atoms with van der Waals surface area (Å²) in [5, 5.41) is 13.3. The minimum absolute atomic E-state index is 0.0462. The molecule has 2 N–H and O–H groups in total. The van der Waals surface area contributed by atoms with Gasteiger partial charge in [-0.1, -0.05) is 0 Å². The van der Waals surface area contributed by atoms with Crippen LogP contribution >= 0.6 is 11.3 Å². The quantitative estimate of drug-likeness (QED) is 0.314. The molecule has 1 aliphatic heterocycles. The number of alkyl halides is 3. The van der Waals surface area contributed by atoms with Crippen LogP contribution in [-0.4, -0.2) is 73.7 Å². The van der Waals surface area contributed by atoms with Gasteiger partial charge >= 0.3 is 6.18 Å². The fourth-order valence-corrected chi connectivity index (χ4v) is 6.22. The normalized spacial score (nSPS) is 14.7. The van der Waals surface area contributed by atoms with Gasteiger partial charge in [-0.05, 0) is 33.8 Å². The van der Waals surface area contributed by atoms with Crippen molar-refractivity contribution in [3.63, 3.8) is 0 Å². The predicted octanol–water partition coefficient (Wildman–Crippen LogP) is 3.49. The molecule has 0 aliphatic carbocycles. The molecule has 4 aromatic rings. The van der Waals surface area contributed by atoms with E-state index < -0.39 is 17.6 Å². The minimum atomic E-state index is -4.56. The van der Waals surface area contributed by atoms with Gasteiger partial charge in [-0.15, -0.1) is 11.3 Å². The van der Waals surface area contributed by atoms with Gasteiger partial charge in [0.15, 0.2) is 18.3 Å². The van der Waals surface area contributed by atoms with E-state index in [1.54, 1.807) is 11.7 Å². The van der Waals surface area contributed by atoms with Crippen molar-refractivity contribution in [3.8, 4) is 0 Å². The molecule has 0 spiro atoms. The second kappa shape index (κ2) is 10.9. The molecule has 0 bridgehead atoms. The van der Waals surface area contributed by atoms with Crippen molar-refractivity contribution >= 4 is 32.5 Å². The van der Waals surface area contributed by atoms with Gasteiger partial charge in [0.25, 0.3) is 5.91 Å². The number of anilines is 1. The van der Waals surface area contributed by atoms with Gasteiger partial charge in [0.2, 0.25) is 0 Å². The van der Waals surface area contributed by atoms with Crippen LogP contribution in [-0.2, 0) is 19.3 Å². The minimum Gasteiger partial charge on any atom is -0.427 e. The molecule has 1 aliphatic rings. The lowest BCUT2D eigenvalue weighted by molar-refractivity contribution is -0.136. The molecule has 0 atom stereocenters. The van der Waals surface area contributed by atoms with Crippen LogP contribution in [0.5, 0.6) is 0 Å². The maximum atomic E-state index is 13.7. The predicted molar refractivity (Wildman–Crippen MR) is 146 cm³/mol. The van der Waals surface area contributed by atoms with Crippen molar-refractivity contribution in [1.29, 1.82) is 0 Å². The van der Waals surface area contributed by atoms with Crippen molar-refractivity contribution in [2.45, 2.75) is 47.0 Å². The fourth-order valence-electron chi connectivity index (χ4n) is 4.88. The summed E-state index contributed by atoms with van der Waals surface area (Å²) >= 11 is 0.948. The third kappa shape index (κ3) is 5.30. The molecule has 41 heavy (non-hydrogen) atoms. The van der Waals surface area contributed by atoms with Crippen molar-refractivity contribution in [2.75, 3.05) is 38.1 Å². The average molecular weight is 593 g/mol. The SMILES string of the molecule is CNC(=O)c1c(N2CCN(Cc3nc(C)c(C)n3OCc3nc(C)c(C)n3O)CC2)sc2c(C(F)(F)F)ccnc12. The van der Waals surface area contributed by atoms with Gasteiger partial charge in [-0.2, -0.15) is 22.6 Å². The van der Waals surface area contributed by atoms with Crippen LogP contribution in [0.15, 0.2) is 12.3 Å². The van der Waals surface area contributed by atoms with Crippen molar-refractivity contribution in [1.82, 2.24) is 34.6 Å². The van der Waals surface area contributed by atoms with Crippen molar-refractivity contribution in [3.05, 3.63) is 57.8 Å². The molecule has 0 radical (unpaired) electrons. The van der Waals surface area contributed by atoms with E-state index in [0.29, 0.717) is 60.8 Å². The van der Waals surface area contributed by atoms with Gasteiger partial charge in [-0.3, -0.25) is 14.7 Å². The van der Waals surface area contributed by atoms with E-state index in [9.17, 15) is 23.2 Å². The van der Waals surface area contributed by atoms with Crippen LogP contribution in [0.4, 0.5) is 18.2 Å². The van der Waals surface area contributed by atoms with Crippen LogP contribution in [0.25, 0.3) is 10.2 Å². The summed E-state index contributed by atoms with van der Waals surface area (Å²) in [7, 11) is 1.45. The monoisotopic (exact) mass is 592 g/mol. The van der Waals surface area contributed by atoms with E-state index >= 15 is 0 Å². The fraction of sp³-hybridized carbons (Fsp3) is 0.462. The maximum Gasteiger partial charge on any atom is 0.417 e. The standard InChI is InChI=1S/C26H31F3N8O3S/c1-14-16(3)36(39)20(33-14)13-40-37-17(4)15(2)32-19(37)12-34-8-10-35(11-9-34)25-21(24(38)30-5)22-23(41-25)18(6-7-31-22)26(27,28)29/h6-7,39H,8-13H2,1-5H3,(H,30,38). The first kappa shape index (κ1) is 28.7. The van der Waals surface area contributed by atoms with E-state index in [2.05, 4.69) is 25.2 Å². The first-order chi connectivity index (χ1) is 19.4. The molecule has 1 amide bonds. The van der Waals surface area contributed by atoms with Gasteiger partial charge in [0, 0.05) is 39.4 Å². The Labute approximate surface area is 238 Å². The summed E-state index contributed by atoms with van der Waals surface area (Å²) in [4.78, 5) is 36.1. The lowest BCUT2D eigenvalue weighted by Crippen LogP contribution is -2.46. The summed E-state index contributed by atoms with van der Waals surface area (Å²) < 4.78 is 43.8. The highest BCUT2D eigenvalue weighted by atomic mass is 32.1. The van der Waals surface area contributed by atoms with E-state index in [1.807, 2.05) is 25.7 Å². The number of hydrogen-bond acceptors (Lipinski definition) is 9. The molecule has 4 aromatic heterocycles. The Morgan fingerprint density at radius 1 is 1.07 bits per heavy atom. The Kier molecular flexibility index (Phi) is 7.59. The Morgan fingerprint density at radius 2 is 1.73 bits per heavy atom. The van der Waals surface area contributed by atoms with Crippen LogP contribution < -0.4 is 15.1 Å². The number of pyridine rings is 1. The van der Waals surface area contributed by atoms with Crippen molar-refractivity contribution < 1.29 is 28.0 Å². The third-order valence-corrected chi connectivity index (χ3v) is 8.68. The largest absolute Gasteiger partial charge is 0.427 e. The second-order valence-electron chi connectivity index (χ2n) is 9.94. The number of aryl methyl sites for hydroxylation is 2. The zero-order valence-corrected chi connectivity index (χ0v) is 24.2. The summed E-state index contributed by atoms with van der Waals surface area (Å²) in [6.45, 7) is 10.1. The van der Waals surface area contributed by atoms with Gasteiger partial charge < -0.3 is 20.3 Å². The first-order valence-electron chi connectivity index (χ1n) is 13.0.